The molecule has 110 valence electrons. The number of aromatic nitrogens is 1. The number of rotatable bonds is 4. The van der Waals surface area contributed by atoms with Crippen LogP contribution in [-0.4, -0.2) is 22.5 Å². The van der Waals surface area contributed by atoms with Gasteiger partial charge in [-0.1, -0.05) is 24.6 Å². The number of hydrogen-bond acceptors (Lipinski definition) is 5. The highest BCUT2D eigenvalue weighted by molar-refractivity contribution is 5.95. The minimum absolute atomic E-state index is 0.0244. The standard InChI is InChI=1S/C15H18N4O2/c16-8-10-4-3-7-12(10)18-15-11-5-1-2-6-13(11)17-9-14(15)19(20)21/h1-2,5-6,9-10,12H,3-4,7-8,16H2,(H,17,18). The van der Waals surface area contributed by atoms with Gasteiger partial charge in [-0.25, -0.2) is 4.98 Å². The number of para-hydroxylation sites is 1. The van der Waals surface area contributed by atoms with Crippen LogP contribution in [0.15, 0.2) is 30.5 Å². The molecule has 0 bridgehead atoms. The molecule has 1 fully saturated rings. The van der Waals surface area contributed by atoms with Crippen LogP contribution in [0, 0.1) is 16.0 Å². The van der Waals surface area contributed by atoms with Gasteiger partial charge in [-0.3, -0.25) is 10.1 Å². The largest absolute Gasteiger partial charge is 0.376 e. The van der Waals surface area contributed by atoms with E-state index in [9.17, 15) is 10.1 Å². The molecule has 2 unspecified atom stereocenters. The van der Waals surface area contributed by atoms with Gasteiger partial charge in [0.2, 0.25) is 0 Å². The predicted octanol–water partition coefficient (Wildman–Crippen LogP) is 2.68. The van der Waals surface area contributed by atoms with E-state index in [1.54, 1.807) is 0 Å². The number of nitrogens with one attached hydrogen (secondary N) is 1. The van der Waals surface area contributed by atoms with Crippen molar-refractivity contribution < 1.29 is 4.92 Å². The van der Waals surface area contributed by atoms with Gasteiger partial charge in [-0.2, -0.15) is 0 Å². The normalized spacial score (nSPS) is 21.6. The van der Waals surface area contributed by atoms with Crippen LogP contribution >= 0.6 is 0 Å². The minimum atomic E-state index is -0.381. The lowest BCUT2D eigenvalue weighted by molar-refractivity contribution is -0.384. The molecule has 2 atom stereocenters. The fourth-order valence-electron chi connectivity index (χ4n) is 3.12. The van der Waals surface area contributed by atoms with Gasteiger partial charge in [0.25, 0.3) is 0 Å². The van der Waals surface area contributed by atoms with Crippen LogP contribution in [-0.2, 0) is 0 Å². The third-order valence-electron chi connectivity index (χ3n) is 4.24. The summed E-state index contributed by atoms with van der Waals surface area (Å²) in [6, 6.07) is 7.67. The molecule has 0 amide bonds. The molecule has 0 radical (unpaired) electrons. The highest BCUT2D eigenvalue weighted by atomic mass is 16.6. The summed E-state index contributed by atoms with van der Waals surface area (Å²) in [6.07, 6.45) is 4.51. The second-order valence-corrected chi connectivity index (χ2v) is 5.47. The quantitative estimate of drug-likeness (QED) is 0.665. The molecule has 0 spiro atoms. The van der Waals surface area contributed by atoms with Crippen LogP contribution in [0.2, 0.25) is 0 Å². The van der Waals surface area contributed by atoms with E-state index in [1.807, 2.05) is 24.3 Å². The van der Waals surface area contributed by atoms with Crippen LogP contribution in [0.1, 0.15) is 19.3 Å². The zero-order valence-corrected chi connectivity index (χ0v) is 11.7. The Labute approximate surface area is 122 Å². The summed E-state index contributed by atoms with van der Waals surface area (Å²) in [5, 5.41) is 15.5. The van der Waals surface area contributed by atoms with Crippen molar-refractivity contribution in [1.29, 1.82) is 0 Å². The first-order valence-electron chi connectivity index (χ1n) is 7.19. The van der Waals surface area contributed by atoms with Crippen molar-refractivity contribution in [2.45, 2.75) is 25.3 Å². The van der Waals surface area contributed by atoms with E-state index in [0.29, 0.717) is 18.2 Å². The van der Waals surface area contributed by atoms with E-state index in [0.717, 1.165) is 30.2 Å². The first kappa shape index (κ1) is 13.8. The summed E-state index contributed by atoms with van der Waals surface area (Å²) in [6.45, 7) is 0.606. The number of nitro groups is 1. The van der Waals surface area contributed by atoms with Crippen molar-refractivity contribution in [3.63, 3.8) is 0 Å². The van der Waals surface area contributed by atoms with E-state index in [2.05, 4.69) is 10.3 Å². The zero-order chi connectivity index (χ0) is 14.8. The van der Waals surface area contributed by atoms with Crippen LogP contribution in [0.25, 0.3) is 10.9 Å². The van der Waals surface area contributed by atoms with Gasteiger partial charge in [0.15, 0.2) is 0 Å². The Morgan fingerprint density at radius 1 is 1.38 bits per heavy atom. The van der Waals surface area contributed by atoms with Gasteiger partial charge in [0.05, 0.1) is 10.4 Å². The second-order valence-electron chi connectivity index (χ2n) is 5.47. The maximum Gasteiger partial charge on any atom is 0.311 e. The van der Waals surface area contributed by atoms with Crippen LogP contribution in [0.4, 0.5) is 11.4 Å². The Morgan fingerprint density at radius 2 is 2.19 bits per heavy atom. The molecule has 6 heteroatoms. The molecule has 1 aliphatic rings. The number of benzene rings is 1. The number of hydrogen-bond donors (Lipinski definition) is 2. The van der Waals surface area contributed by atoms with Crippen LogP contribution < -0.4 is 11.1 Å². The SMILES string of the molecule is NCC1CCCC1Nc1c([N+](=O)[O-])cnc2ccccc12. The fraction of sp³-hybridized carbons (Fsp3) is 0.400. The van der Waals surface area contributed by atoms with Gasteiger partial charge >= 0.3 is 5.69 Å². The van der Waals surface area contributed by atoms with Crippen LogP contribution in [0.5, 0.6) is 0 Å². The predicted molar refractivity (Wildman–Crippen MR) is 82.2 cm³/mol. The van der Waals surface area contributed by atoms with Crippen molar-refractivity contribution in [1.82, 2.24) is 4.98 Å². The van der Waals surface area contributed by atoms with Crippen molar-refractivity contribution in [2.24, 2.45) is 11.7 Å². The van der Waals surface area contributed by atoms with E-state index in [4.69, 9.17) is 5.73 Å². The molecule has 0 saturated heterocycles. The van der Waals surface area contributed by atoms with E-state index in [1.165, 1.54) is 6.20 Å². The lowest BCUT2D eigenvalue weighted by Crippen LogP contribution is -2.29. The molecule has 1 saturated carbocycles. The van der Waals surface area contributed by atoms with Gasteiger partial charge in [0.1, 0.15) is 11.9 Å². The van der Waals surface area contributed by atoms with Gasteiger partial charge in [-0.15, -0.1) is 0 Å². The smallest absolute Gasteiger partial charge is 0.311 e. The first-order valence-corrected chi connectivity index (χ1v) is 7.19. The summed E-state index contributed by atoms with van der Waals surface area (Å²) in [5.41, 5.74) is 7.15. The molecule has 3 N–H and O–H groups in total. The zero-order valence-electron chi connectivity index (χ0n) is 11.7. The second kappa shape index (κ2) is 5.65. The molecule has 1 aliphatic carbocycles. The highest BCUT2D eigenvalue weighted by Gasteiger charge is 2.29. The summed E-state index contributed by atoms with van der Waals surface area (Å²) in [7, 11) is 0. The molecular formula is C15H18N4O2. The monoisotopic (exact) mass is 286 g/mol. The topological polar surface area (TPSA) is 94.1 Å². The molecule has 0 aliphatic heterocycles. The molecule has 6 nitrogen and oxygen atoms in total. The van der Waals surface area contributed by atoms with E-state index < -0.39 is 0 Å². The van der Waals surface area contributed by atoms with Crippen molar-refractivity contribution in [3.8, 4) is 0 Å². The lowest BCUT2D eigenvalue weighted by Gasteiger charge is -2.21. The summed E-state index contributed by atoms with van der Waals surface area (Å²) >= 11 is 0. The Bertz CT molecular complexity index is 674. The van der Waals surface area contributed by atoms with Gasteiger partial charge in [-0.05, 0) is 31.4 Å². The summed E-state index contributed by atoms with van der Waals surface area (Å²) in [4.78, 5) is 15.1. The number of pyridine rings is 1. The fourth-order valence-corrected chi connectivity index (χ4v) is 3.12. The van der Waals surface area contributed by atoms with Crippen molar-refractivity contribution in [2.75, 3.05) is 11.9 Å². The number of anilines is 1. The highest BCUT2D eigenvalue weighted by Crippen LogP contribution is 2.35. The average Bonchev–Trinajstić information content (AvgIpc) is 2.94. The van der Waals surface area contributed by atoms with Crippen molar-refractivity contribution >= 4 is 22.3 Å². The van der Waals surface area contributed by atoms with Crippen LogP contribution in [0.3, 0.4) is 0 Å². The molecule has 1 heterocycles. The first-order chi connectivity index (χ1) is 10.2. The molecule has 3 rings (SSSR count). The molecule has 1 aromatic carbocycles. The minimum Gasteiger partial charge on any atom is -0.376 e. The molecular weight excluding hydrogens is 268 g/mol. The summed E-state index contributed by atoms with van der Waals surface area (Å²) < 4.78 is 0. The number of nitrogens with zero attached hydrogens (tertiary/aromatic N) is 2. The third-order valence-corrected chi connectivity index (χ3v) is 4.24. The Hall–Kier alpha value is -2.21. The Kier molecular flexibility index (Phi) is 3.70. The third kappa shape index (κ3) is 2.54. The summed E-state index contributed by atoms with van der Waals surface area (Å²) in [5.74, 6) is 0.372. The molecule has 1 aromatic heterocycles. The van der Waals surface area contributed by atoms with Gasteiger partial charge in [0, 0.05) is 11.4 Å². The van der Waals surface area contributed by atoms with E-state index >= 15 is 0 Å². The Morgan fingerprint density at radius 3 is 2.95 bits per heavy atom. The number of nitrogens with two attached hydrogens (primary N) is 1. The van der Waals surface area contributed by atoms with E-state index in [-0.39, 0.29) is 16.7 Å². The lowest BCUT2D eigenvalue weighted by atomic mass is 10.0. The molecule has 2 aromatic rings. The maximum atomic E-state index is 11.3. The maximum absolute atomic E-state index is 11.3. The Balaban J connectivity index is 2.06. The number of fused-ring (bicyclic) bond motifs is 1. The molecule has 21 heavy (non-hydrogen) atoms. The van der Waals surface area contributed by atoms with Crippen molar-refractivity contribution in [3.05, 3.63) is 40.6 Å². The van der Waals surface area contributed by atoms with Gasteiger partial charge < -0.3 is 11.1 Å². The average molecular weight is 286 g/mol.